The Kier molecular flexibility index (Phi) is 6.38. The summed E-state index contributed by atoms with van der Waals surface area (Å²) >= 11 is 0. The molecule has 1 aromatic rings. The van der Waals surface area contributed by atoms with Crippen molar-refractivity contribution >= 4 is 17.9 Å². The Morgan fingerprint density at radius 3 is 2.40 bits per heavy atom. The van der Waals surface area contributed by atoms with Crippen LogP contribution in [0.1, 0.15) is 44.8 Å². The van der Waals surface area contributed by atoms with Crippen LogP contribution in [0.3, 0.4) is 0 Å². The molecule has 0 unspecified atom stereocenters. The van der Waals surface area contributed by atoms with Crippen molar-refractivity contribution < 1.29 is 33.0 Å². The molecule has 0 aliphatic heterocycles. The van der Waals surface area contributed by atoms with Gasteiger partial charge in [0.15, 0.2) is 18.8 Å². The first-order chi connectivity index (χ1) is 11.9. The minimum absolute atomic E-state index is 0.171. The average molecular weight is 350 g/mol. The predicted octanol–water partition coefficient (Wildman–Crippen LogP) is 2.64. The summed E-state index contributed by atoms with van der Waals surface area (Å²) in [5, 5.41) is 0. The highest BCUT2D eigenvalue weighted by Crippen LogP contribution is 2.40. The SMILES string of the molecule is C=C(C)C(=O)OCC(=O)OCC(=O)OC1(c2ccco2)CCCCC1. The fourth-order valence-electron chi connectivity index (χ4n) is 2.74. The molecule has 1 aromatic heterocycles. The van der Waals surface area contributed by atoms with Gasteiger partial charge in [0.25, 0.3) is 0 Å². The monoisotopic (exact) mass is 350 g/mol. The minimum Gasteiger partial charge on any atom is -0.465 e. The largest absolute Gasteiger partial charge is 0.465 e. The third-order valence-corrected chi connectivity index (χ3v) is 3.96. The van der Waals surface area contributed by atoms with Crippen molar-refractivity contribution in [3.8, 4) is 0 Å². The van der Waals surface area contributed by atoms with E-state index in [4.69, 9.17) is 13.9 Å². The van der Waals surface area contributed by atoms with Gasteiger partial charge in [-0.2, -0.15) is 0 Å². The molecule has 0 bridgehead atoms. The average Bonchev–Trinajstić information content (AvgIpc) is 3.14. The number of carbonyl (C=O) groups excluding carboxylic acids is 3. The van der Waals surface area contributed by atoms with Gasteiger partial charge in [-0.25, -0.2) is 14.4 Å². The van der Waals surface area contributed by atoms with Crippen LogP contribution in [0.5, 0.6) is 0 Å². The standard InChI is InChI=1S/C18H22O7/c1-13(2)17(21)24-11-15(19)23-12-16(20)25-18(8-4-3-5-9-18)14-7-6-10-22-14/h6-7,10H,1,3-5,8-9,11-12H2,2H3. The van der Waals surface area contributed by atoms with Gasteiger partial charge in [0.05, 0.1) is 6.26 Å². The molecule has 0 atom stereocenters. The van der Waals surface area contributed by atoms with E-state index in [9.17, 15) is 14.4 Å². The predicted molar refractivity (Wildman–Crippen MR) is 86.3 cm³/mol. The molecule has 2 rings (SSSR count). The molecule has 0 radical (unpaired) electrons. The molecule has 1 aliphatic carbocycles. The van der Waals surface area contributed by atoms with Crippen molar-refractivity contribution in [1.29, 1.82) is 0 Å². The first-order valence-electron chi connectivity index (χ1n) is 8.17. The fraction of sp³-hybridized carbons (Fsp3) is 0.500. The van der Waals surface area contributed by atoms with E-state index >= 15 is 0 Å². The summed E-state index contributed by atoms with van der Waals surface area (Å²) in [4.78, 5) is 34.8. The number of rotatable bonds is 7. The zero-order valence-corrected chi connectivity index (χ0v) is 14.2. The number of hydrogen-bond donors (Lipinski definition) is 0. The lowest BCUT2D eigenvalue weighted by Crippen LogP contribution is -2.36. The maximum absolute atomic E-state index is 12.1. The van der Waals surface area contributed by atoms with Crippen molar-refractivity contribution in [2.75, 3.05) is 13.2 Å². The maximum Gasteiger partial charge on any atom is 0.345 e. The van der Waals surface area contributed by atoms with Gasteiger partial charge in [-0.05, 0) is 44.7 Å². The molecule has 0 saturated heterocycles. The number of hydrogen-bond acceptors (Lipinski definition) is 7. The van der Waals surface area contributed by atoms with E-state index in [-0.39, 0.29) is 5.57 Å². The van der Waals surface area contributed by atoms with Crippen molar-refractivity contribution in [3.63, 3.8) is 0 Å². The lowest BCUT2D eigenvalue weighted by Gasteiger charge is -2.34. The highest BCUT2D eigenvalue weighted by atomic mass is 16.6. The van der Waals surface area contributed by atoms with Crippen LogP contribution < -0.4 is 0 Å². The summed E-state index contributed by atoms with van der Waals surface area (Å²) in [7, 11) is 0. The van der Waals surface area contributed by atoms with Crippen LogP contribution >= 0.6 is 0 Å². The van der Waals surface area contributed by atoms with Gasteiger partial charge in [-0.1, -0.05) is 13.0 Å². The van der Waals surface area contributed by atoms with Crippen LogP contribution in [0.2, 0.25) is 0 Å². The topological polar surface area (TPSA) is 92.0 Å². The summed E-state index contributed by atoms with van der Waals surface area (Å²) in [6.07, 6.45) is 5.78. The first-order valence-corrected chi connectivity index (χ1v) is 8.17. The second-order valence-corrected chi connectivity index (χ2v) is 6.02. The molecule has 0 aromatic carbocycles. The van der Waals surface area contributed by atoms with Gasteiger partial charge in [-0.3, -0.25) is 0 Å². The van der Waals surface area contributed by atoms with Crippen molar-refractivity contribution in [3.05, 3.63) is 36.3 Å². The Morgan fingerprint density at radius 2 is 1.80 bits per heavy atom. The molecular weight excluding hydrogens is 328 g/mol. The molecule has 25 heavy (non-hydrogen) atoms. The lowest BCUT2D eigenvalue weighted by atomic mass is 9.83. The third kappa shape index (κ3) is 5.20. The van der Waals surface area contributed by atoms with Crippen molar-refractivity contribution in [1.82, 2.24) is 0 Å². The van der Waals surface area contributed by atoms with Gasteiger partial charge in [-0.15, -0.1) is 0 Å². The molecular formula is C18H22O7. The molecule has 0 N–H and O–H groups in total. The quantitative estimate of drug-likeness (QED) is 0.424. The lowest BCUT2D eigenvalue weighted by molar-refractivity contribution is -0.177. The third-order valence-electron chi connectivity index (χ3n) is 3.96. The van der Waals surface area contributed by atoms with Crippen LogP contribution in [-0.4, -0.2) is 31.1 Å². The molecule has 0 amide bonds. The Balaban J connectivity index is 1.84. The van der Waals surface area contributed by atoms with Gasteiger partial charge < -0.3 is 18.6 Å². The molecule has 136 valence electrons. The summed E-state index contributed by atoms with van der Waals surface area (Å²) in [5.74, 6) is -1.60. The number of furan rings is 1. The van der Waals surface area contributed by atoms with Crippen LogP contribution in [0.25, 0.3) is 0 Å². The molecule has 1 saturated carbocycles. The summed E-state index contributed by atoms with van der Waals surface area (Å²) in [5.41, 5.74) is -0.637. The first kappa shape index (κ1) is 18.8. The van der Waals surface area contributed by atoms with Crippen LogP contribution in [-0.2, 0) is 34.2 Å². The Labute approximate surface area is 145 Å². The number of esters is 3. The van der Waals surface area contributed by atoms with E-state index in [0.29, 0.717) is 18.6 Å². The molecule has 1 aliphatic rings. The smallest absolute Gasteiger partial charge is 0.345 e. The Morgan fingerprint density at radius 1 is 1.12 bits per heavy atom. The van der Waals surface area contributed by atoms with Crippen LogP contribution in [0.4, 0.5) is 0 Å². The van der Waals surface area contributed by atoms with E-state index in [1.54, 1.807) is 12.1 Å². The van der Waals surface area contributed by atoms with Gasteiger partial charge in [0.2, 0.25) is 0 Å². The highest BCUT2D eigenvalue weighted by Gasteiger charge is 2.40. The summed E-state index contributed by atoms with van der Waals surface area (Å²) in [6.45, 7) is 3.73. The van der Waals surface area contributed by atoms with E-state index in [1.807, 2.05) is 0 Å². The summed E-state index contributed by atoms with van der Waals surface area (Å²) < 4.78 is 20.5. The van der Waals surface area contributed by atoms with E-state index in [2.05, 4.69) is 11.3 Å². The minimum atomic E-state index is -0.831. The van der Waals surface area contributed by atoms with E-state index in [0.717, 1.165) is 19.3 Å². The van der Waals surface area contributed by atoms with Crippen molar-refractivity contribution in [2.45, 2.75) is 44.6 Å². The fourth-order valence-corrected chi connectivity index (χ4v) is 2.74. The Hall–Kier alpha value is -2.57. The second-order valence-electron chi connectivity index (χ2n) is 6.02. The molecule has 1 fully saturated rings. The number of carbonyl (C=O) groups is 3. The Bertz CT molecular complexity index is 624. The van der Waals surface area contributed by atoms with E-state index in [1.165, 1.54) is 13.2 Å². The maximum atomic E-state index is 12.1. The van der Waals surface area contributed by atoms with Crippen molar-refractivity contribution in [2.24, 2.45) is 0 Å². The summed E-state index contributed by atoms with van der Waals surface area (Å²) in [6, 6.07) is 3.52. The van der Waals surface area contributed by atoms with Crippen LogP contribution in [0, 0.1) is 0 Å². The van der Waals surface area contributed by atoms with Crippen LogP contribution in [0.15, 0.2) is 35.0 Å². The van der Waals surface area contributed by atoms with Gasteiger partial charge >= 0.3 is 17.9 Å². The molecule has 7 heteroatoms. The molecule has 0 spiro atoms. The molecule has 7 nitrogen and oxygen atoms in total. The van der Waals surface area contributed by atoms with Gasteiger partial charge in [0.1, 0.15) is 5.76 Å². The molecule has 1 heterocycles. The normalized spacial score (nSPS) is 15.9. The van der Waals surface area contributed by atoms with E-state index < -0.39 is 36.7 Å². The number of ether oxygens (including phenoxy) is 3. The zero-order chi connectivity index (χ0) is 18.3. The second kappa shape index (κ2) is 8.50. The zero-order valence-electron chi connectivity index (χ0n) is 14.2. The van der Waals surface area contributed by atoms with Gasteiger partial charge in [0, 0.05) is 5.57 Å². The highest BCUT2D eigenvalue weighted by molar-refractivity contribution is 5.88.